The fourth-order valence-corrected chi connectivity index (χ4v) is 4.22. The van der Waals surface area contributed by atoms with Crippen LogP contribution in [0.2, 0.25) is 0 Å². The maximum absolute atomic E-state index is 11.6. The van der Waals surface area contributed by atoms with Crippen molar-refractivity contribution in [2.24, 2.45) is 0 Å². The normalized spacial score (nSPS) is 11.4. The molecular formula is C26H21NO3. The summed E-state index contributed by atoms with van der Waals surface area (Å²) in [6.07, 6.45) is 0. The van der Waals surface area contributed by atoms with E-state index in [4.69, 9.17) is 4.42 Å². The molecule has 2 heterocycles. The second kappa shape index (κ2) is 6.63. The van der Waals surface area contributed by atoms with Gasteiger partial charge in [0.15, 0.2) is 5.76 Å². The molecule has 0 atom stereocenters. The Morgan fingerprint density at radius 3 is 2.33 bits per heavy atom. The molecule has 0 saturated carbocycles. The molecule has 0 spiro atoms. The summed E-state index contributed by atoms with van der Waals surface area (Å²) in [5.74, 6) is -0.132. The van der Waals surface area contributed by atoms with E-state index < -0.39 is 5.97 Å². The lowest BCUT2D eigenvalue weighted by Crippen LogP contribution is -1.98. The molecule has 0 saturated heterocycles. The Bertz CT molecular complexity index is 1450. The Hall–Kier alpha value is -3.79. The second-order valence-electron chi connectivity index (χ2n) is 7.79. The molecule has 0 bridgehead atoms. The number of aromatic amines is 1. The Balaban J connectivity index is 1.65. The smallest absolute Gasteiger partial charge is 0.336 e. The minimum Gasteiger partial charge on any atom is -0.478 e. The number of benzene rings is 3. The lowest BCUT2D eigenvalue weighted by atomic mass is 9.98. The number of hydrogen-bond donors (Lipinski definition) is 2. The second-order valence-corrected chi connectivity index (χ2v) is 7.79. The summed E-state index contributed by atoms with van der Waals surface area (Å²) < 4.78 is 6.20. The van der Waals surface area contributed by atoms with Gasteiger partial charge in [0.05, 0.1) is 11.3 Å². The zero-order valence-corrected chi connectivity index (χ0v) is 17.0. The molecule has 5 aromatic rings. The molecule has 3 aromatic carbocycles. The summed E-state index contributed by atoms with van der Waals surface area (Å²) in [5, 5.41) is 12.3. The third-order valence-corrected chi connectivity index (χ3v) is 5.91. The van der Waals surface area contributed by atoms with Crippen LogP contribution in [0.1, 0.15) is 27.0 Å². The van der Waals surface area contributed by atoms with Gasteiger partial charge in [-0.05, 0) is 72.5 Å². The van der Waals surface area contributed by atoms with Crippen LogP contribution in [0.4, 0.5) is 0 Å². The number of furan rings is 1. The molecule has 5 rings (SSSR count). The Morgan fingerprint density at radius 2 is 1.57 bits per heavy atom. The number of rotatable bonds is 3. The number of aromatic nitrogens is 1. The quantitative estimate of drug-likeness (QED) is 0.350. The van der Waals surface area contributed by atoms with Crippen molar-refractivity contribution in [3.8, 4) is 22.7 Å². The van der Waals surface area contributed by atoms with Crippen LogP contribution in [0.3, 0.4) is 0 Å². The van der Waals surface area contributed by atoms with Crippen LogP contribution in [-0.4, -0.2) is 16.1 Å². The van der Waals surface area contributed by atoms with E-state index in [1.807, 2.05) is 42.5 Å². The zero-order chi connectivity index (χ0) is 21.0. The summed E-state index contributed by atoms with van der Waals surface area (Å²) in [6, 6.07) is 19.4. The molecule has 0 aliphatic heterocycles. The number of carboxylic acid groups (broad SMARTS) is 1. The minimum absolute atomic E-state index is 0.305. The van der Waals surface area contributed by atoms with Gasteiger partial charge in [-0.3, -0.25) is 0 Å². The molecule has 4 heteroatoms. The number of nitrogens with one attached hydrogen (secondary N) is 1. The molecule has 0 unspecified atom stereocenters. The molecule has 2 N–H and O–H groups in total. The van der Waals surface area contributed by atoms with Gasteiger partial charge < -0.3 is 14.5 Å². The first-order chi connectivity index (χ1) is 14.4. The molecule has 0 radical (unpaired) electrons. The Morgan fingerprint density at radius 1 is 0.833 bits per heavy atom. The highest BCUT2D eigenvalue weighted by molar-refractivity contribution is 6.08. The van der Waals surface area contributed by atoms with Crippen molar-refractivity contribution >= 4 is 27.7 Å². The number of aryl methyl sites for hydroxylation is 3. The van der Waals surface area contributed by atoms with E-state index in [9.17, 15) is 9.90 Å². The van der Waals surface area contributed by atoms with E-state index in [1.54, 1.807) is 6.07 Å². The highest BCUT2D eigenvalue weighted by atomic mass is 16.4. The first kappa shape index (κ1) is 18.3. The molecule has 0 aliphatic rings. The zero-order valence-electron chi connectivity index (χ0n) is 17.0. The van der Waals surface area contributed by atoms with Gasteiger partial charge in [-0.1, -0.05) is 36.4 Å². The van der Waals surface area contributed by atoms with Crippen molar-refractivity contribution in [1.82, 2.24) is 4.98 Å². The van der Waals surface area contributed by atoms with Crippen molar-refractivity contribution in [3.05, 3.63) is 82.9 Å². The number of hydrogen-bond acceptors (Lipinski definition) is 2. The SMILES string of the molecule is Cc1cc(C)c2oc(-c3ccc(-c4ccc(C(=O)O)c5ccccc45)[nH]3)cc2c1C. The Kier molecular flexibility index (Phi) is 4.03. The van der Waals surface area contributed by atoms with Gasteiger partial charge in [0.2, 0.25) is 0 Å². The van der Waals surface area contributed by atoms with E-state index in [1.165, 1.54) is 11.1 Å². The first-order valence-corrected chi connectivity index (χ1v) is 9.89. The molecule has 0 aliphatic carbocycles. The van der Waals surface area contributed by atoms with Gasteiger partial charge in [-0.2, -0.15) is 0 Å². The maximum atomic E-state index is 11.6. The molecule has 148 valence electrons. The van der Waals surface area contributed by atoms with E-state index in [0.717, 1.165) is 50.0 Å². The summed E-state index contributed by atoms with van der Waals surface area (Å²) in [7, 11) is 0. The Labute approximate surface area is 173 Å². The highest BCUT2D eigenvalue weighted by Crippen LogP contribution is 2.35. The molecule has 0 amide bonds. The number of H-pyrrole nitrogens is 1. The monoisotopic (exact) mass is 395 g/mol. The molecule has 30 heavy (non-hydrogen) atoms. The predicted molar refractivity (Wildman–Crippen MR) is 120 cm³/mol. The van der Waals surface area contributed by atoms with Crippen molar-refractivity contribution in [3.63, 3.8) is 0 Å². The summed E-state index contributed by atoms with van der Waals surface area (Å²) in [5.41, 5.74) is 7.60. The lowest BCUT2D eigenvalue weighted by Gasteiger charge is -2.08. The van der Waals surface area contributed by atoms with Gasteiger partial charge >= 0.3 is 5.97 Å². The predicted octanol–water partition coefficient (Wildman–Crippen LogP) is 6.87. The van der Waals surface area contributed by atoms with E-state index in [0.29, 0.717) is 5.56 Å². The minimum atomic E-state index is -0.923. The van der Waals surface area contributed by atoms with Gasteiger partial charge in [-0.25, -0.2) is 4.79 Å². The van der Waals surface area contributed by atoms with Gasteiger partial charge in [0, 0.05) is 16.6 Å². The average Bonchev–Trinajstić information content (AvgIpc) is 3.39. The lowest BCUT2D eigenvalue weighted by molar-refractivity contribution is 0.0699. The number of carbonyl (C=O) groups is 1. The molecule has 2 aromatic heterocycles. The van der Waals surface area contributed by atoms with Crippen LogP contribution in [-0.2, 0) is 0 Å². The largest absolute Gasteiger partial charge is 0.478 e. The van der Waals surface area contributed by atoms with Crippen molar-refractivity contribution < 1.29 is 14.3 Å². The van der Waals surface area contributed by atoms with Crippen LogP contribution < -0.4 is 0 Å². The first-order valence-electron chi connectivity index (χ1n) is 9.89. The molecule has 0 fully saturated rings. The fourth-order valence-electron chi connectivity index (χ4n) is 4.22. The molecule has 4 nitrogen and oxygen atoms in total. The van der Waals surface area contributed by atoms with E-state index in [2.05, 4.69) is 37.9 Å². The van der Waals surface area contributed by atoms with E-state index >= 15 is 0 Å². The molecular weight excluding hydrogens is 374 g/mol. The van der Waals surface area contributed by atoms with Crippen LogP contribution in [0.15, 0.2) is 65.1 Å². The highest BCUT2D eigenvalue weighted by Gasteiger charge is 2.16. The fraction of sp³-hybridized carbons (Fsp3) is 0.115. The summed E-state index contributed by atoms with van der Waals surface area (Å²) >= 11 is 0. The van der Waals surface area contributed by atoms with Crippen molar-refractivity contribution in [2.45, 2.75) is 20.8 Å². The van der Waals surface area contributed by atoms with Gasteiger partial charge in [0.1, 0.15) is 5.58 Å². The summed E-state index contributed by atoms with van der Waals surface area (Å²) in [6.45, 7) is 6.30. The summed E-state index contributed by atoms with van der Waals surface area (Å²) in [4.78, 5) is 15.1. The topological polar surface area (TPSA) is 66.2 Å². The van der Waals surface area contributed by atoms with E-state index in [-0.39, 0.29) is 0 Å². The van der Waals surface area contributed by atoms with Crippen LogP contribution in [0, 0.1) is 20.8 Å². The van der Waals surface area contributed by atoms with Crippen LogP contribution >= 0.6 is 0 Å². The van der Waals surface area contributed by atoms with Crippen molar-refractivity contribution in [1.29, 1.82) is 0 Å². The number of fused-ring (bicyclic) bond motifs is 2. The standard InChI is InChI=1S/C26H21NO3/c1-14-12-15(2)25-21(16(14)3)13-24(30-25)23-11-10-22(27-23)19-8-9-20(26(28)29)18-7-5-4-6-17(18)19/h4-13,27H,1-3H3,(H,28,29). The third-order valence-electron chi connectivity index (χ3n) is 5.91. The van der Waals surface area contributed by atoms with Crippen LogP contribution in [0.25, 0.3) is 44.5 Å². The maximum Gasteiger partial charge on any atom is 0.336 e. The number of aromatic carboxylic acids is 1. The van der Waals surface area contributed by atoms with Crippen LogP contribution in [0.5, 0.6) is 0 Å². The van der Waals surface area contributed by atoms with Crippen molar-refractivity contribution in [2.75, 3.05) is 0 Å². The van der Waals surface area contributed by atoms with Gasteiger partial charge in [0.25, 0.3) is 0 Å². The van der Waals surface area contributed by atoms with Gasteiger partial charge in [-0.15, -0.1) is 0 Å². The number of carboxylic acids is 1. The third kappa shape index (κ3) is 2.72. The average molecular weight is 395 g/mol.